The lowest BCUT2D eigenvalue weighted by Gasteiger charge is -2.31. The van der Waals surface area contributed by atoms with E-state index in [0.717, 1.165) is 12.8 Å². The lowest BCUT2D eigenvalue weighted by Crippen LogP contribution is -2.37. The molecule has 0 saturated heterocycles. The Kier molecular flexibility index (Phi) is 5.34. The first kappa shape index (κ1) is 14.7. The third kappa shape index (κ3) is 3.57. The number of aliphatic hydroxyl groups is 1. The Morgan fingerprint density at radius 1 is 1.50 bits per heavy atom. The highest BCUT2D eigenvalue weighted by Crippen LogP contribution is 2.29. The second kappa shape index (κ2) is 6.54. The number of amides is 1. The molecule has 18 heavy (non-hydrogen) atoms. The molecule has 0 aliphatic carbocycles. The van der Waals surface area contributed by atoms with Crippen LogP contribution in [0.3, 0.4) is 0 Å². The minimum Gasteiger partial charge on any atom is -0.396 e. The van der Waals surface area contributed by atoms with Crippen LogP contribution < -0.4 is 5.32 Å². The molecule has 5 heteroatoms. The molecule has 1 amide bonds. The van der Waals surface area contributed by atoms with Gasteiger partial charge in [0, 0.05) is 19.2 Å². The number of aliphatic hydroxyl groups excluding tert-OH is 1. The molecule has 0 spiro atoms. The Morgan fingerprint density at radius 3 is 2.61 bits per heavy atom. The minimum atomic E-state index is -0.226. The van der Waals surface area contributed by atoms with Gasteiger partial charge < -0.3 is 14.9 Å². The van der Waals surface area contributed by atoms with Gasteiger partial charge in [0.25, 0.3) is 5.91 Å². The van der Waals surface area contributed by atoms with Gasteiger partial charge in [0.2, 0.25) is 0 Å². The molecule has 5 nitrogen and oxygen atoms in total. The van der Waals surface area contributed by atoms with Gasteiger partial charge in [-0.25, -0.2) is 0 Å². The highest BCUT2D eigenvalue weighted by atomic mass is 16.5. The smallest absolute Gasteiger partial charge is 0.273 e. The van der Waals surface area contributed by atoms with Crippen molar-refractivity contribution in [2.24, 2.45) is 5.41 Å². The summed E-state index contributed by atoms with van der Waals surface area (Å²) in [5.41, 5.74) is 0.265. The summed E-state index contributed by atoms with van der Waals surface area (Å²) < 4.78 is 4.87. The fourth-order valence-corrected chi connectivity index (χ4v) is 2.01. The fourth-order valence-electron chi connectivity index (χ4n) is 2.01. The molecule has 0 bridgehead atoms. The summed E-state index contributed by atoms with van der Waals surface area (Å²) >= 11 is 0. The predicted molar refractivity (Wildman–Crippen MR) is 68.3 cm³/mol. The van der Waals surface area contributed by atoms with Crippen molar-refractivity contribution in [2.75, 3.05) is 13.2 Å². The molecular formula is C13H22N2O3. The van der Waals surface area contributed by atoms with Crippen LogP contribution in [0.5, 0.6) is 0 Å². The monoisotopic (exact) mass is 254 g/mol. The maximum atomic E-state index is 11.8. The first-order chi connectivity index (χ1) is 8.56. The van der Waals surface area contributed by atoms with Gasteiger partial charge in [0.1, 0.15) is 5.76 Å². The van der Waals surface area contributed by atoms with Crippen molar-refractivity contribution in [2.45, 2.75) is 40.0 Å². The summed E-state index contributed by atoms with van der Waals surface area (Å²) in [5, 5.41) is 15.7. The first-order valence-electron chi connectivity index (χ1n) is 6.39. The van der Waals surface area contributed by atoms with Crippen LogP contribution in [0.4, 0.5) is 0 Å². The second-order valence-corrected chi connectivity index (χ2v) is 4.69. The molecule has 1 aromatic rings. The van der Waals surface area contributed by atoms with Crippen LogP contribution in [0.15, 0.2) is 10.6 Å². The van der Waals surface area contributed by atoms with Crippen molar-refractivity contribution in [3.8, 4) is 0 Å². The molecule has 0 atom stereocenters. The van der Waals surface area contributed by atoms with E-state index in [2.05, 4.69) is 24.3 Å². The van der Waals surface area contributed by atoms with Gasteiger partial charge in [0.15, 0.2) is 5.69 Å². The number of aromatic nitrogens is 1. The SMILES string of the molecule is CCC(CC)(CCO)CNC(=O)c1cc(C)on1. The number of aryl methyl sites for hydroxylation is 1. The summed E-state index contributed by atoms with van der Waals surface area (Å²) in [7, 11) is 0. The molecule has 102 valence electrons. The summed E-state index contributed by atoms with van der Waals surface area (Å²) in [6, 6.07) is 1.61. The van der Waals surface area contributed by atoms with Gasteiger partial charge in [-0.15, -0.1) is 0 Å². The number of rotatable bonds is 7. The first-order valence-corrected chi connectivity index (χ1v) is 6.39. The van der Waals surface area contributed by atoms with E-state index in [-0.39, 0.29) is 17.9 Å². The second-order valence-electron chi connectivity index (χ2n) is 4.69. The van der Waals surface area contributed by atoms with Crippen molar-refractivity contribution >= 4 is 5.91 Å². The summed E-state index contributed by atoms with van der Waals surface area (Å²) in [6.07, 6.45) is 2.53. The van der Waals surface area contributed by atoms with Gasteiger partial charge in [0.05, 0.1) is 0 Å². The van der Waals surface area contributed by atoms with E-state index >= 15 is 0 Å². The predicted octanol–water partition coefficient (Wildman–Crippen LogP) is 1.90. The van der Waals surface area contributed by atoms with Crippen molar-refractivity contribution in [1.29, 1.82) is 0 Å². The maximum absolute atomic E-state index is 11.8. The van der Waals surface area contributed by atoms with Crippen LogP contribution in [0.1, 0.15) is 49.4 Å². The molecule has 1 rings (SSSR count). The van der Waals surface area contributed by atoms with E-state index in [9.17, 15) is 4.79 Å². The summed E-state index contributed by atoms with van der Waals surface area (Å²) in [4.78, 5) is 11.8. The lowest BCUT2D eigenvalue weighted by atomic mass is 9.79. The van der Waals surface area contributed by atoms with Crippen molar-refractivity contribution < 1.29 is 14.4 Å². The van der Waals surface area contributed by atoms with E-state index in [4.69, 9.17) is 9.63 Å². The number of nitrogens with zero attached hydrogens (tertiary/aromatic N) is 1. The number of nitrogens with one attached hydrogen (secondary N) is 1. The van der Waals surface area contributed by atoms with Crippen molar-refractivity contribution in [3.05, 3.63) is 17.5 Å². The Bertz CT molecular complexity index is 383. The maximum Gasteiger partial charge on any atom is 0.273 e. The zero-order valence-electron chi connectivity index (χ0n) is 11.3. The Hall–Kier alpha value is -1.36. The molecular weight excluding hydrogens is 232 g/mol. The van der Waals surface area contributed by atoms with Crippen molar-refractivity contribution in [3.63, 3.8) is 0 Å². The van der Waals surface area contributed by atoms with Crippen LogP contribution in [0.25, 0.3) is 0 Å². The van der Waals surface area contributed by atoms with Gasteiger partial charge in [-0.2, -0.15) is 0 Å². The Balaban J connectivity index is 2.59. The third-order valence-electron chi connectivity index (χ3n) is 3.63. The lowest BCUT2D eigenvalue weighted by molar-refractivity contribution is 0.0898. The fraction of sp³-hybridized carbons (Fsp3) is 0.692. The zero-order chi connectivity index (χ0) is 13.6. The molecule has 0 radical (unpaired) electrons. The highest BCUT2D eigenvalue weighted by Gasteiger charge is 2.26. The summed E-state index contributed by atoms with van der Waals surface area (Å²) in [6.45, 7) is 6.58. The number of hydrogen-bond donors (Lipinski definition) is 2. The molecule has 0 fully saturated rings. The van der Waals surface area contributed by atoms with E-state index in [0.29, 0.717) is 24.4 Å². The minimum absolute atomic E-state index is 0.0385. The van der Waals surface area contributed by atoms with Crippen LogP contribution >= 0.6 is 0 Å². The zero-order valence-corrected chi connectivity index (χ0v) is 11.3. The quantitative estimate of drug-likeness (QED) is 0.779. The average molecular weight is 254 g/mol. The Morgan fingerprint density at radius 2 is 2.17 bits per heavy atom. The van der Waals surface area contributed by atoms with E-state index < -0.39 is 0 Å². The van der Waals surface area contributed by atoms with Crippen LogP contribution in [-0.4, -0.2) is 29.3 Å². The van der Waals surface area contributed by atoms with Gasteiger partial charge in [-0.05, 0) is 31.6 Å². The highest BCUT2D eigenvalue weighted by molar-refractivity contribution is 5.92. The molecule has 0 aromatic carbocycles. The van der Waals surface area contributed by atoms with Crippen LogP contribution in [-0.2, 0) is 0 Å². The Labute approximate surface area is 108 Å². The average Bonchev–Trinajstić information content (AvgIpc) is 2.81. The molecule has 0 aliphatic rings. The van der Waals surface area contributed by atoms with Gasteiger partial charge in [-0.1, -0.05) is 19.0 Å². The molecule has 0 saturated carbocycles. The van der Waals surface area contributed by atoms with Gasteiger partial charge >= 0.3 is 0 Å². The van der Waals surface area contributed by atoms with Gasteiger partial charge in [-0.3, -0.25) is 4.79 Å². The van der Waals surface area contributed by atoms with Crippen LogP contribution in [0, 0.1) is 12.3 Å². The molecule has 0 unspecified atom stereocenters. The van der Waals surface area contributed by atoms with E-state index in [1.54, 1.807) is 13.0 Å². The van der Waals surface area contributed by atoms with E-state index in [1.165, 1.54) is 0 Å². The third-order valence-corrected chi connectivity index (χ3v) is 3.63. The standard InChI is InChI=1S/C13H22N2O3/c1-4-13(5-2,6-7-16)9-14-12(17)11-8-10(3)18-15-11/h8,16H,4-7,9H2,1-3H3,(H,14,17). The number of carbonyl (C=O) groups excluding carboxylic acids is 1. The number of carbonyl (C=O) groups is 1. The van der Waals surface area contributed by atoms with Crippen LogP contribution in [0.2, 0.25) is 0 Å². The normalized spacial score (nSPS) is 11.6. The number of hydrogen-bond acceptors (Lipinski definition) is 4. The molecule has 1 heterocycles. The molecule has 1 aromatic heterocycles. The topological polar surface area (TPSA) is 75.4 Å². The van der Waals surface area contributed by atoms with E-state index in [1.807, 2.05) is 0 Å². The summed E-state index contributed by atoms with van der Waals surface area (Å²) in [5.74, 6) is 0.392. The molecule has 2 N–H and O–H groups in total. The molecule has 0 aliphatic heterocycles. The largest absolute Gasteiger partial charge is 0.396 e. The van der Waals surface area contributed by atoms with Crippen molar-refractivity contribution in [1.82, 2.24) is 10.5 Å².